The highest BCUT2D eigenvalue weighted by Gasteiger charge is 2.36. The molecule has 28 heavy (non-hydrogen) atoms. The normalized spacial score (nSPS) is 20.2. The van der Waals surface area contributed by atoms with Crippen LogP contribution < -0.4 is 10.9 Å². The van der Waals surface area contributed by atoms with E-state index < -0.39 is 0 Å². The number of carbonyl (C=O) groups is 2. The van der Waals surface area contributed by atoms with Crippen LogP contribution in [0.2, 0.25) is 0 Å². The molecule has 2 atom stereocenters. The van der Waals surface area contributed by atoms with Crippen molar-refractivity contribution < 1.29 is 14.3 Å². The Hall–Kier alpha value is -3.09. The van der Waals surface area contributed by atoms with Crippen LogP contribution in [0.5, 0.6) is 0 Å². The third-order valence-corrected chi connectivity index (χ3v) is 5.41. The number of piperidine rings is 1. The zero-order chi connectivity index (χ0) is 19.7. The molecule has 2 aliphatic rings. The number of carbonyl (C=O) groups excluding carboxylic acids is 2. The van der Waals surface area contributed by atoms with Crippen molar-refractivity contribution >= 4 is 17.7 Å². The van der Waals surface area contributed by atoms with Gasteiger partial charge in [-0.3, -0.25) is 4.79 Å². The molecule has 0 aliphatic carbocycles. The van der Waals surface area contributed by atoms with Gasteiger partial charge in [-0.05, 0) is 49.6 Å². The van der Waals surface area contributed by atoms with Crippen LogP contribution in [0.1, 0.15) is 35.3 Å². The average molecular weight is 381 g/mol. The highest BCUT2D eigenvalue weighted by atomic mass is 16.5. The van der Waals surface area contributed by atoms with Crippen molar-refractivity contribution in [2.45, 2.75) is 25.8 Å². The van der Waals surface area contributed by atoms with E-state index in [2.05, 4.69) is 5.32 Å². The van der Waals surface area contributed by atoms with Gasteiger partial charge in [0.2, 0.25) is 0 Å². The summed E-state index contributed by atoms with van der Waals surface area (Å²) in [7, 11) is 0. The molecule has 1 fully saturated rings. The molecule has 7 nitrogen and oxygen atoms in total. The zero-order valence-corrected chi connectivity index (χ0v) is 15.8. The molecule has 1 N–H and O–H groups in total. The van der Waals surface area contributed by atoms with Crippen molar-refractivity contribution in [3.63, 3.8) is 0 Å². The van der Waals surface area contributed by atoms with Crippen LogP contribution in [0.3, 0.4) is 0 Å². The second-order valence-electron chi connectivity index (χ2n) is 7.33. The van der Waals surface area contributed by atoms with E-state index in [-0.39, 0.29) is 29.4 Å². The highest BCUT2D eigenvalue weighted by molar-refractivity contribution is 5.92. The maximum absolute atomic E-state index is 12.8. The Balaban J connectivity index is 1.44. The quantitative estimate of drug-likeness (QED) is 0.829. The van der Waals surface area contributed by atoms with Crippen molar-refractivity contribution in [2.24, 2.45) is 5.92 Å². The van der Waals surface area contributed by atoms with E-state index in [1.807, 2.05) is 15.5 Å². The fraction of sp³-hybridized carbons (Fsp3) is 0.381. The molecule has 146 valence electrons. The van der Waals surface area contributed by atoms with Gasteiger partial charge >= 0.3 is 12.0 Å². The van der Waals surface area contributed by atoms with E-state index >= 15 is 0 Å². The maximum atomic E-state index is 12.8. The molecule has 1 aromatic heterocycles. The Bertz CT molecular complexity index is 951. The molecule has 4 rings (SSSR count). The largest absolute Gasteiger partial charge is 0.462 e. The molecule has 7 heteroatoms. The number of pyridine rings is 1. The van der Waals surface area contributed by atoms with Crippen LogP contribution in [0.15, 0.2) is 47.3 Å². The van der Waals surface area contributed by atoms with E-state index in [1.54, 1.807) is 43.3 Å². The third kappa shape index (κ3) is 3.52. The fourth-order valence-electron chi connectivity index (χ4n) is 4.17. The Morgan fingerprint density at radius 2 is 1.89 bits per heavy atom. The lowest BCUT2D eigenvalue weighted by Gasteiger charge is -2.42. The molecule has 2 aromatic rings. The van der Waals surface area contributed by atoms with Gasteiger partial charge in [-0.1, -0.05) is 6.07 Å². The summed E-state index contributed by atoms with van der Waals surface area (Å²) in [6, 6.07) is 11.9. The van der Waals surface area contributed by atoms with Gasteiger partial charge in [0.15, 0.2) is 0 Å². The van der Waals surface area contributed by atoms with Crippen LogP contribution >= 0.6 is 0 Å². The zero-order valence-electron chi connectivity index (χ0n) is 15.8. The first-order chi connectivity index (χ1) is 13.5. The molecular formula is C21H23N3O4. The van der Waals surface area contributed by atoms with Crippen LogP contribution in [0.4, 0.5) is 10.5 Å². The molecule has 2 amide bonds. The first kappa shape index (κ1) is 18.3. The molecule has 2 bridgehead atoms. The lowest BCUT2D eigenvalue weighted by Crippen LogP contribution is -2.50. The Kier molecular flexibility index (Phi) is 4.90. The second kappa shape index (κ2) is 7.50. The van der Waals surface area contributed by atoms with Gasteiger partial charge in [0.05, 0.1) is 12.2 Å². The van der Waals surface area contributed by atoms with Gasteiger partial charge in [-0.15, -0.1) is 0 Å². The first-order valence-corrected chi connectivity index (χ1v) is 9.58. The van der Waals surface area contributed by atoms with E-state index in [0.29, 0.717) is 37.5 Å². The smallest absolute Gasteiger partial charge is 0.338 e. The molecule has 1 saturated heterocycles. The number of hydrogen-bond donors (Lipinski definition) is 1. The topological polar surface area (TPSA) is 80.6 Å². The summed E-state index contributed by atoms with van der Waals surface area (Å²) in [6.45, 7) is 3.96. The van der Waals surface area contributed by atoms with Crippen LogP contribution in [0.25, 0.3) is 0 Å². The number of urea groups is 1. The van der Waals surface area contributed by atoms with Crippen molar-refractivity contribution in [3.05, 3.63) is 64.1 Å². The second-order valence-corrected chi connectivity index (χ2v) is 7.33. The molecule has 2 aliphatic heterocycles. The van der Waals surface area contributed by atoms with Crippen molar-refractivity contribution in [2.75, 3.05) is 25.0 Å². The number of anilines is 1. The molecule has 0 radical (unpaired) electrons. The number of hydrogen-bond acceptors (Lipinski definition) is 4. The monoisotopic (exact) mass is 381 g/mol. The Morgan fingerprint density at radius 1 is 1.11 bits per heavy atom. The van der Waals surface area contributed by atoms with Gasteiger partial charge in [0.1, 0.15) is 0 Å². The van der Waals surface area contributed by atoms with Gasteiger partial charge in [-0.2, -0.15) is 0 Å². The summed E-state index contributed by atoms with van der Waals surface area (Å²) in [5, 5.41) is 2.90. The first-order valence-electron chi connectivity index (χ1n) is 9.58. The predicted octanol–water partition coefficient (Wildman–Crippen LogP) is 2.68. The van der Waals surface area contributed by atoms with E-state index in [0.717, 1.165) is 12.1 Å². The van der Waals surface area contributed by atoms with Crippen molar-refractivity contribution in [1.82, 2.24) is 9.47 Å². The maximum Gasteiger partial charge on any atom is 0.338 e. The van der Waals surface area contributed by atoms with Gasteiger partial charge in [0, 0.05) is 43.0 Å². The molecule has 3 heterocycles. The summed E-state index contributed by atoms with van der Waals surface area (Å²) in [6.07, 6.45) is 1.00. The number of esters is 1. The molecule has 1 aromatic carbocycles. The number of aromatic nitrogens is 1. The van der Waals surface area contributed by atoms with E-state index in [1.165, 1.54) is 0 Å². The predicted molar refractivity (Wildman–Crippen MR) is 105 cm³/mol. The van der Waals surface area contributed by atoms with Crippen molar-refractivity contribution in [1.29, 1.82) is 0 Å². The molecule has 0 saturated carbocycles. The van der Waals surface area contributed by atoms with Gasteiger partial charge in [-0.25, -0.2) is 9.59 Å². The fourth-order valence-corrected chi connectivity index (χ4v) is 4.17. The molecule has 0 spiro atoms. The lowest BCUT2D eigenvalue weighted by molar-refractivity contribution is 0.0526. The lowest BCUT2D eigenvalue weighted by atomic mass is 9.83. The molecular weight excluding hydrogens is 358 g/mol. The summed E-state index contributed by atoms with van der Waals surface area (Å²) < 4.78 is 6.81. The minimum Gasteiger partial charge on any atom is -0.462 e. The number of fused-ring (bicyclic) bond motifs is 4. The summed E-state index contributed by atoms with van der Waals surface area (Å²) in [5.41, 5.74) is 2.13. The number of rotatable bonds is 3. The number of benzene rings is 1. The van der Waals surface area contributed by atoms with E-state index in [4.69, 9.17) is 4.74 Å². The number of nitrogens with zero attached hydrogens (tertiary/aromatic N) is 2. The van der Waals surface area contributed by atoms with Crippen LogP contribution in [0, 0.1) is 5.92 Å². The van der Waals surface area contributed by atoms with Gasteiger partial charge in [0.25, 0.3) is 5.56 Å². The SMILES string of the molecule is CCOC(=O)c1ccc(NC(=O)N2C[C@@H]3C[C@@H](C2)c2cccc(=O)n2C3)cc1. The third-order valence-electron chi connectivity index (χ3n) is 5.41. The van der Waals surface area contributed by atoms with E-state index in [9.17, 15) is 14.4 Å². The highest BCUT2D eigenvalue weighted by Crippen LogP contribution is 2.35. The number of ether oxygens (including phenoxy) is 1. The van der Waals surface area contributed by atoms with Crippen LogP contribution in [-0.4, -0.2) is 41.2 Å². The summed E-state index contributed by atoms with van der Waals surface area (Å²) in [4.78, 5) is 38.4. The van der Waals surface area contributed by atoms with Crippen LogP contribution in [-0.2, 0) is 11.3 Å². The Labute approximate surface area is 162 Å². The average Bonchev–Trinajstić information content (AvgIpc) is 2.69. The summed E-state index contributed by atoms with van der Waals surface area (Å²) in [5.74, 6) is 0.0831. The standard InChI is InChI=1S/C21H23N3O4/c1-2-28-20(26)15-6-8-17(9-7-15)22-21(27)23-11-14-10-16(13-23)18-4-3-5-19(25)24(18)12-14/h3-9,14,16H,2,10-13H2,1H3,(H,22,27)/t14-,16-/m0/s1. The minimum absolute atomic E-state index is 0.0341. The number of amides is 2. The summed E-state index contributed by atoms with van der Waals surface area (Å²) >= 11 is 0. The molecule has 0 unspecified atom stereocenters. The van der Waals surface area contributed by atoms with Gasteiger partial charge < -0.3 is 19.5 Å². The Morgan fingerprint density at radius 3 is 2.64 bits per heavy atom. The van der Waals surface area contributed by atoms with Crippen molar-refractivity contribution in [3.8, 4) is 0 Å². The number of likely N-dealkylation sites (tertiary alicyclic amines) is 1. The number of nitrogens with one attached hydrogen (secondary N) is 1. The minimum atomic E-state index is -0.377.